The molecule has 0 bridgehead atoms. The van der Waals surface area contributed by atoms with Crippen molar-refractivity contribution in [2.75, 3.05) is 17.3 Å². The third-order valence-electron chi connectivity index (χ3n) is 1.26. The van der Waals surface area contributed by atoms with Gasteiger partial charge in [0.05, 0.1) is 5.75 Å². The standard InChI is InChI=1S/C3H4N2OS2.C3H5NOS2/c4-3-7-1-2(5-6)8-3;5-4-3-6-1-2-7-3/h4,6H,1H2;5H,1-2H2/b4-3?,5-2-;. The second-order valence-electron chi connectivity index (χ2n) is 2.23. The predicted molar refractivity (Wildman–Crippen MR) is 71.1 cm³/mol. The summed E-state index contributed by atoms with van der Waals surface area (Å²) in [5, 5.41) is 29.9. The molecule has 0 saturated carbocycles. The lowest BCUT2D eigenvalue weighted by molar-refractivity contribution is 0.320. The molecule has 0 amide bonds. The summed E-state index contributed by atoms with van der Waals surface area (Å²) in [5.74, 6) is 2.83. The summed E-state index contributed by atoms with van der Waals surface area (Å²) in [6.45, 7) is 0. The number of thioether (sulfide) groups is 4. The van der Waals surface area contributed by atoms with E-state index < -0.39 is 0 Å². The molecule has 9 heteroatoms. The Morgan fingerprint density at radius 2 is 1.73 bits per heavy atom. The fourth-order valence-electron chi connectivity index (χ4n) is 0.700. The van der Waals surface area contributed by atoms with Gasteiger partial charge in [-0.15, -0.1) is 0 Å². The fraction of sp³-hybridized carbons (Fsp3) is 0.500. The molecule has 0 radical (unpaired) electrons. The van der Waals surface area contributed by atoms with Crippen molar-refractivity contribution in [1.29, 1.82) is 5.41 Å². The quantitative estimate of drug-likeness (QED) is 0.467. The normalized spacial score (nSPS) is 22.8. The largest absolute Gasteiger partial charge is 0.410 e. The Hall–Kier alpha value is 0.01000. The van der Waals surface area contributed by atoms with Gasteiger partial charge in [0.25, 0.3) is 0 Å². The SMILES string of the molecule is N=C1SC/C(=N/O)S1.ON=C1SCCS1. The van der Waals surface area contributed by atoms with E-state index in [2.05, 4.69) is 10.3 Å². The minimum Gasteiger partial charge on any atom is -0.410 e. The summed E-state index contributed by atoms with van der Waals surface area (Å²) >= 11 is 5.81. The van der Waals surface area contributed by atoms with E-state index in [1.165, 1.54) is 23.5 Å². The first-order valence-electron chi connectivity index (χ1n) is 3.84. The summed E-state index contributed by atoms with van der Waals surface area (Å²) in [6, 6.07) is 0. The second kappa shape index (κ2) is 7.31. The molecule has 0 aromatic heterocycles. The monoisotopic (exact) mass is 283 g/mol. The van der Waals surface area contributed by atoms with Crippen LogP contribution in [0, 0.1) is 5.41 Å². The van der Waals surface area contributed by atoms with Crippen molar-refractivity contribution in [3.63, 3.8) is 0 Å². The third-order valence-corrected chi connectivity index (χ3v) is 5.82. The van der Waals surface area contributed by atoms with Gasteiger partial charge in [-0.25, -0.2) is 0 Å². The van der Waals surface area contributed by atoms with Crippen molar-refractivity contribution in [3.05, 3.63) is 0 Å². The number of rotatable bonds is 0. The molecule has 0 spiro atoms. The van der Waals surface area contributed by atoms with Crippen LogP contribution in [0.1, 0.15) is 0 Å². The molecule has 2 fully saturated rings. The van der Waals surface area contributed by atoms with Crippen LogP contribution in [0.25, 0.3) is 0 Å². The van der Waals surface area contributed by atoms with Crippen molar-refractivity contribution in [3.8, 4) is 0 Å². The molecular formula is C6H9N3O2S4. The molecule has 84 valence electrons. The third kappa shape index (κ3) is 5.05. The highest BCUT2D eigenvalue weighted by atomic mass is 32.2. The first-order valence-corrected chi connectivity index (χ1v) is 7.61. The van der Waals surface area contributed by atoms with Crippen LogP contribution >= 0.6 is 47.0 Å². The zero-order valence-electron chi connectivity index (χ0n) is 7.54. The van der Waals surface area contributed by atoms with E-state index in [0.29, 0.717) is 15.2 Å². The second-order valence-corrected chi connectivity index (χ2v) is 6.99. The minimum absolute atomic E-state index is 0.512. The van der Waals surface area contributed by atoms with Gasteiger partial charge in [0.15, 0.2) is 4.38 Å². The zero-order chi connectivity index (χ0) is 11.1. The summed E-state index contributed by atoms with van der Waals surface area (Å²) in [6.07, 6.45) is 0. The Balaban J connectivity index is 0.000000151. The molecule has 0 aromatic carbocycles. The molecular weight excluding hydrogens is 274 g/mol. The van der Waals surface area contributed by atoms with Gasteiger partial charge in [0, 0.05) is 11.5 Å². The van der Waals surface area contributed by atoms with Crippen LogP contribution in [0.2, 0.25) is 0 Å². The van der Waals surface area contributed by atoms with E-state index in [1.807, 2.05) is 0 Å². The molecule has 0 aromatic rings. The van der Waals surface area contributed by atoms with Gasteiger partial charge < -0.3 is 10.4 Å². The van der Waals surface area contributed by atoms with E-state index in [0.717, 1.165) is 15.9 Å². The maximum absolute atomic E-state index is 8.14. The van der Waals surface area contributed by atoms with Crippen LogP contribution in [-0.2, 0) is 0 Å². The van der Waals surface area contributed by atoms with Gasteiger partial charge in [0.1, 0.15) is 9.42 Å². The van der Waals surface area contributed by atoms with Gasteiger partial charge in [0.2, 0.25) is 0 Å². The molecule has 2 aliphatic rings. The molecule has 2 saturated heterocycles. The van der Waals surface area contributed by atoms with E-state index in [1.54, 1.807) is 23.5 Å². The van der Waals surface area contributed by atoms with Crippen LogP contribution in [0.5, 0.6) is 0 Å². The number of hydrogen-bond acceptors (Lipinski definition) is 9. The highest BCUT2D eigenvalue weighted by molar-refractivity contribution is 8.49. The lowest BCUT2D eigenvalue weighted by atomic mass is 10.9. The molecule has 2 rings (SSSR count). The van der Waals surface area contributed by atoms with E-state index in [-0.39, 0.29) is 0 Å². The van der Waals surface area contributed by atoms with Crippen LogP contribution in [0.4, 0.5) is 0 Å². The first kappa shape index (κ1) is 13.1. The van der Waals surface area contributed by atoms with Crippen molar-refractivity contribution >= 4 is 60.8 Å². The number of nitrogens with zero attached hydrogens (tertiary/aromatic N) is 2. The first-order chi connectivity index (χ1) is 7.26. The fourth-order valence-corrected chi connectivity index (χ4v) is 4.35. The minimum atomic E-state index is 0.512. The topological polar surface area (TPSA) is 89.0 Å². The number of oxime groups is 2. The molecule has 0 atom stereocenters. The van der Waals surface area contributed by atoms with Gasteiger partial charge in [-0.1, -0.05) is 45.6 Å². The zero-order valence-corrected chi connectivity index (χ0v) is 10.8. The van der Waals surface area contributed by atoms with Crippen LogP contribution in [0.3, 0.4) is 0 Å². The molecule has 0 unspecified atom stereocenters. The Labute approximate surface area is 104 Å². The van der Waals surface area contributed by atoms with Crippen molar-refractivity contribution in [2.24, 2.45) is 10.3 Å². The van der Waals surface area contributed by atoms with E-state index in [9.17, 15) is 0 Å². The average Bonchev–Trinajstić information content (AvgIpc) is 2.88. The average molecular weight is 283 g/mol. The molecule has 15 heavy (non-hydrogen) atoms. The Bertz CT molecular complexity index is 286. The predicted octanol–water partition coefficient (Wildman–Crippen LogP) is 2.40. The highest BCUT2D eigenvalue weighted by Crippen LogP contribution is 2.26. The van der Waals surface area contributed by atoms with Gasteiger partial charge >= 0.3 is 0 Å². The molecule has 2 heterocycles. The molecule has 5 nitrogen and oxygen atoms in total. The smallest absolute Gasteiger partial charge is 0.169 e. The number of hydrogen-bond donors (Lipinski definition) is 3. The summed E-state index contributed by atoms with van der Waals surface area (Å²) in [5.41, 5.74) is 0. The summed E-state index contributed by atoms with van der Waals surface area (Å²) in [4.78, 5) is 0. The van der Waals surface area contributed by atoms with Crippen molar-refractivity contribution < 1.29 is 10.4 Å². The van der Waals surface area contributed by atoms with Crippen LogP contribution < -0.4 is 0 Å². The lowest BCUT2D eigenvalue weighted by Gasteiger charge is -1.80. The van der Waals surface area contributed by atoms with Crippen LogP contribution in [0.15, 0.2) is 10.3 Å². The summed E-state index contributed by atoms with van der Waals surface area (Å²) < 4.78 is 1.32. The molecule has 3 N–H and O–H groups in total. The van der Waals surface area contributed by atoms with Gasteiger partial charge in [-0.05, 0) is 11.8 Å². The van der Waals surface area contributed by atoms with Crippen molar-refractivity contribution in [2.45, 2.75) is 0 Å². The lowest BCUT2D eigenvalue weighted by Crippen LogP contribution is -1.85. The van der Waals surface area contributed by atoms with E-state index in [4.69, 9.17) is 15.8 Å². The van der Waals surface area contributed by atoms with Crippen LogP contribution in [-0.4, -0.2) is 41.5 Å². The summed E-state index contributed by atoms with van der Waals surface area (Å²) in [7, 11) is 0. The Kier molecular flexibility index (Phi) is 6.37. The highest BCUT2D eigenvalue weighted by Gasteiger charge is 2.15. The maximum atomic E-state index is 8.14. The molecule has 0 aliphatic carbocycles. The van der Waals surface area contributed by atoms with E-state index >= 15 is 0 Å². The Morgan fingerprint density at radius 3 is 2.00 bits per heavy atom. The van der Waals surface area contributed by atoms with Crippen molar-refractivity contribution in [1.82, 2.24) is 0 Å². The molecule has 2 aliphatic heterocycles. The van der Waals surface area contributed by atoms with Gasteiger partial charge in [-0.2, -0.15) is 0 Å². The number of nitrogens with one attached hydrogen (secondary N) is 1. The van der Waals surface area contributed by atoms with Gasteiger partial charge in [-0.3, -0.25) is 5.41 Å². The Morgan fingerprint density at radius 1 is 1.07 bits per heavy atom. The maximum Gasteiger partial charge on any atom is 0.169 e.